The van der Waals surface area contributed by atoms with Crippen LogP contribution in [0.3, 0.4) is 0 Å². The number of aromatic nitrogens is 2. The zero-order valence-electron chi connectivity index (χ0n) is 5.28. The van der Waals surface area contributed by atoms with Gasteiger partial charge in [0.25, 0.3) is 0 Å². The molecule has 0 saturated heterocycles. The molecule has 58 valence electrons. The van der Waals surface area contributed by atoms with Gasteiger partial charge in [-0.15, -0.1) is 0 Å². The van der Waals surface area contributed by atoms with Crippen molar-refractivity contribution < 1.29 is 9.90 Å². The van der Waals surface area contributed by atoms with Crippen LogP contribution in [-0.4, -0.2) is 21.0 Å². The monoisotopic (exact) mass is 217 g/mol. The van der Waals surface area contributed by atoms with E-state index in [2.05, 4.69) is 25.9 Å². The highest BCUT2D eigenvalue weighted by molar-refractivity contribution is 9.10. The standard InChI is InChI=1S/C5H4BrN3O2/c6-3-1-2(4(10)11)8-5(7)9-3/h1H,(H,10,11)(H2,7,8,9). The Hall–Kier alpha value is -1.17. The zero-order valence-corrected chi connectivity index (χ0v) is 6.87. The summed E-state index contributed by atoms with van der Waals surface area (Å²) in [5, 5.41) is 8.47. The van der Waals surface area contributed by atoms with E-state index >= 15 is 0 Å². The molecule has 0 unspecified atom stereocenters. The van der Waals surface area contributed by atoms with Gasteiger partial charge in [0, 0.05) is 6.07 Å². The molecule has 0 bridgehead atoms. The summed E-state index contributed by atoms with van der Waals surface area (Å²) in [7, 11) is 0. The predicted molar refractivity (Wildman–Crippen MR) is 41.1 cm³/mol. The molecule has 0 radical (unpaired) electrons. The van der Waals surface area contributed by atoms with Gasteiger partial charge in [0.05, 0.1) is 0 Å². The molecule has 0 amide bonds. The number of hydrogen-bond donors (Lipinski definition) is 2. The van der Waals surface area contributed by atoms with E-state index in [1.54, 1.807) is 0 Å². The van der Waals surface area contributed by atoms with E-state index in [4.69, 9.17) is 10.8 Å². The first kappa shape index (κ1) is 7.93. The molecule has 5 nitrogen and oxygen atoms in total. The summed E-state index contributed by atoms with van der Waals surface area (Å²) in [4.78, 5) is 17.4. The van der Waals surface area contributed by atoms with E-state index in [1.807, 2.05) is 0 Å². The summed E-state index contributed by atoms with van der Waals surface area (Å²) in [5.74, 6) is -1.18. The van der Waals surface area contributed by atoms with Gasteiger partial charge < -0.3 is 10.8 Å². The molecule has 3 N–H and O–H groups in total. The van der Waals surface area contributed by atoms with Crippen LogP contribution < -0.4 is 5.73 Å². The molecule has 6 heteroatoms. The van der Waals surface area contributed by atoms with Crippen LogP contribution >= 0.6 is 15.9 Å². The van der Waals surface area contributed by atoms with Crippen molar-refractivity contribution in [1.82, 2.24) is 9.97 Å². The lowest BCUT2D eigenvalue weighted by Crippen LogP contribution is -2.04. The number of nitrogen functional groups attached to an aromatic ring is 1. The van der Waals surface area contributed by atoms with Gasteiger partial charge in [-0.2, -0.15) is 0 Å². The Morgan fingerprint density at radius 3 is 2.73 bits per heavy atom. The molecule has 11 heavy (non-hydrogen) atoms. The van der Waals surface area contributed by atoms with Gasteiger partial charge in [0.2, 0.25) is 5.95 Å². The smallest absolute Gasteiger partial charge is 0.354 e. The van der Waals surface area contributed by atoms with E-state index in [0.717, 1.165) is 0 Å². The summed E-state index contributed by atoms with van der Waals surface area (Å²) >= 11 is 2.99. The van der Waals surface area contributed by atoms with Crippen LogP contribution in [-0.2, 0) is 0 Å². The van der Waals surface area contributed by atoms with Crippen molar-refractivity contribution in [3.63, 3.8) is 0 Å². The van der Waals surface area contributed by atoms with Gasteiger partial charge in [-0.3, -0.25) is 0 Å². The number of carboxylic acids is 1. The van der Waals surface area contributed by atoms with E-state index < -0.39 is 5.97 Å². The molecule has 0 fully saturated rings. The van der Waals surface area contributed by atoms with Gasteiger partial charge in [0.1, 0.15) is 4.60 Å². The van der Waals surface area contributed by atoms with E-state index in [1.165, 1.54) is 6.07 Å². The first-order valence-corrected chi connectivity index (χ1v) is 3.42. The summed E-state index contributed by atoms with van der Waals surface area (Å²) in [5.41, 5.74) is 5.06. The molecule has 0 aromatic carbocycles. The minimum Gasteiger partial charge on any atom is -0.477 e. The summed E-state index contributed by atoms with van der Waals surface area (Å²) in [6.45, 7) is 0. The fourth-order valence-electron chi connectivity index (χ4n) is 0.545. The number of rotatable bonds is 1. The third-order valence-corrected chi connectivity index (χ3v) is 1.34. The third-order valence-electron chi connectivity index (χ3n) is 0.931. The van der Waals surface area contributed by atoms with Gasteiger partial charge in [-0.25, -0.2) is 14.8 Å². The molecule has 0 aliphatic rings. The number of aromatic carboxylic acids is 1. The Bertz CT molecular complexity index is 282. The minimum atomic E-state index is -1.13. The molecule has 1 aromatic rings. The number of anilines is 1. The molecule has 0 aliphatic heterocycles. The third kappa shape index (κ3) is 1.87. The van der Waals surface area contributed by atoms with E-state index in [-0.39, 0.29) is 11.6 Å². The van der Waals surface area contributed by atoms with Crippen LogP contribution in [0.2, 0.25) is 0 Å². The fraction of sp³-hybridized carbons (Fsp3) is 0. The number of nitrogens with two attached hydrogens (primary N) is 1. The molecule has 1 aromatic heterocycles. The highest BCUT2D eigenvalue weighted by Crippen LogP contribution is 2.08. The fourth-order valence-corrected chi connectivity index (χ4v) is 0.943. The normalized spacial score (nSPS) is 9.55. The summed E-state index contributed by atoms with van der Waals surface area (Å²) < 4.78 is 0.363. The van der Waals surface area contributed by atoms with Crippen LogP contribution in [0.15, 0.2) is 10.7 Å². The van der Waals surface area contributed by atoms with Crippen molar-refractivity contribution >= 4 is 27.8 Å². The van der Waals surface area contributed by atoms with Crippen LogP contribution in [0.25, 0.3) is 0 Å². The lowest BCUT2D eigenvalue weighted by molar-refractivity contribution is 0.0690. The second-order valence-electron chi connectivity index (χ2n) is 1.74. The Kier molecular flexibility index (Phi) is 2.04. The molecule has 0 spiro atoms. The number of halogens is 1. The minimum absolute atomic E-state index is 0.0585. The molecule has 1 rings (SSSR count). The molecule has 0 saturated carbocycles. The van der Waals surface area contributed by atoms with Crippen molar-refractivity contribution in [2.75, 3.05) is 5.73 Å². The largest absolute Gasteiger partial charge is 0.477 e. The first-order valence-electron chi connectivity index (χ1n) is 2.63. The second-order valence-corrected chi connectivity index (χ2v) is 2.55. The lowest BCUT2D eigenvalue weighted by atomic mass is 10.4. The number of hydrogen-bond acceptors (Lipinski definition) is 4. The van der Waals surface area contributed by atoms with Crippen molar-refractivity contribution in [1.29, 1.82) is 0 Å². The Morgan fingerprint density at radius 2 is 2.27 bits per heavy atom. The Labute approximate surface area is 70.4 Å². The maximum absolute atomic E-state index is 10.3. The Balaban J connectivity index is 3.19. The van der Waals surface area contributed by atoms with Crippen molar-refractivity contribution in [3.05, 3.63) is 16.4 Å². The SMILES string of the molecule is Nc1nc(Br)cc(C(=O)O)n1. The maximum atomic E-state index is 10.3. The second kappa shape index (κ2) is 2.83. The van der Waals surface area contributed by atoms with Crippen molar-refractivity contribution in [3.8, 4) is 0 Å². The number of nitrogens with zero attached hydrogens (tertiary/aromatic N) is 2. The lowest BCUT2D eigenvalue weighted by Gasteiger charge is -1.95. The first-order chi connectivity index (χ1) is 5.09. The van der Waals surface area contributed by atoms with Gasteiger partial charge in [0.15, 0.2) is 5.69 Å². The molecule has 1 heterocycles. The molecular formula is C5H4BrN3O2. The molecule has 0 atom stereocenters. The number of carboxylic acid groups (broad SMARTS) is 1. The van der Waals surface area contributed by atoms with Crippen LogP contribution in [0, 0.1) is 0 Å². The summed E-state index contributed by atoms with van der Waals surface area (Å²) in [6, 6.07) is 1.28. The Morgan fingerprint density at radius 1 is 1.64 bits per heavy atom. The van der Waals surface area contributed by atoms with Crippen molar-refractivity contribution in [2.45, 2.75) is 0 Å². The van der Waals surface area contributed by atoms with E-state index in [9.17, 15) is 4.79 Å². The van der Waals surface area contributed by atoms with Crippen LogP contribution in [0.5, 0.6) is 0 Å². The summed E-state index contributed by atoms with van der Waals surface area (Å²) in [6.07, 6.45) is 0. The molecular weight excluding hydrogens is 214 g/mol. The zero-order chi connectivity index (χ0) is 8.43. The average Bonchev–Trinajstić information content (AvgIpc) is 1.85. The topological polar surface area (TPSA) is 89.1 Å². The van der Waals surface area contributed by atoms with Gasteiger partial charge in [-0.1, -0.05) is 0 Å². The quantitative estimate of drug-likeness (QED) is 0.670. The van der Waals surface area contributed by atoms with Crippen molar-refractivity contribution in [2.24, 2.45) is 0 Å². The van der Waals surface area contributed by atoms with Gasteiger partial charge >= 0.3 is 5.97 Å². The highest BCUT2D eigenvalue weighted by Gasteiger charge is 2.06. The van der Waals surface area contributed by atoms with Crippen LogP contribution in [0.1, 0.15) is 10.5 Å². The highest BCUT2D eigenvalue weighted by atomic mass is 79.9. The number of carbonyl (C=O) groups is 1. The van der Waals surface area contributed by atoms with Crippen LogP contribution in [0.4, 0.5) is 5.95 Å². The average molecular weight is 218 g/mol. The maximum Gasteiger partial charge on any atom is 0.354 e. The molecule has 0 aliphatic carbocycles. The van der Waals surface area contributed by atoms with E-state index in [0.29, 0.717) is 4.60 Å². The predicted octanol–water partition coefficient (Wildman–Crippen LogP) is 0.519. The van der Waals surface area contributed by atoms with Gasteiger partial charge in [-0.05, 0) is 15.9 Å².